The number of benzene rings is 1. The second kappa shape index (κ2) is 9.12. The number of nitrogens with zero attached hydrogens (tertiary/aromatic N) is 2. The zero-order valence-corrected chi connectivity index (χ0v) is 17.6. The number of hydrogen-bond acceptors (Lipinski definition) is 3. The lowest BCUT2D eigenvalue weighted by molar-refractivity contribution is -0.121. The normalized spacial score (nSPS) is 15.6. The highest BCUT2D eigenvalue weighted by Gasteiger charge is 2.15. The van der Waals surface area contributed by atoms with Crippen LogP contribution in [0.25, 0.3) is 21.5 Å². The second-order valence-electron chi connectivity index (χ2n) is 7.40. The molecule has 0 bridgehead atoms. The van der Waals surface area contributed by atoms with Gasteiger partial charge >= 0.3 is 0 Å². The van der Waals surface area contributed by atoms with Gasteiger partial charge in [0, 0.05) is 29.0 Å². The monoisotopic (exact) mass is 415 g/mol. The van der Waals surface area contributed by atoms with Crippen molar-refractivity contribution in [3.8, 4) is 10.6 Å². The summed E-state index contributed by atoms with van der Waals surface area (Å²) in [6, 6.07) is 12.1. The number of fused-ring (bicyclic) bond motifs is 1. The molecule has 1 N–H and O–H groups in total. The third kappa shape index (κ3) is 4.59. The summed E-state index contributed by atoms with van der Waals surface area (Å²) >= 11 is 7.86. The molecule has 1 aliphatic heterocycles. The molecule has 0 aliphatic carbocycles. The topological polar surface area (TPSA) is 37.3 Å². The molecule has 2 aromatic heterocycles. The van der Waals surface area contributed by atoms with Crippen LogP contribution in [0.2, 0.25) is 5.02 Å². The van der Waals surface area contributed by atoms with Crippen LogP contribution in [-0.4, -0.2) is 41.6 Å². The van der Waals surface area contributed by atoms with Gasteiger partial charge in [-0.15, -0.1) is 11.3 Å². The predicted molar refractivity (Wildman–Crippen MR) is 118 cm³/mol. The molecule has 0 saturated carbocycles. The summed E-state index contributed by atoms with van der Waals surface area (Å²) in [7, 11) is 0. The summed E-state index contributed by atoms with van der Waals surface area (Å²) in [6.45, 7) is 4.27. The van der Waals surface area contributed by atoms with E-state index in [4.69, 9.17) is 11.6 Å². The Bertz CT molecular complexity index is 927. The van der Waals surface area contributed by atoms with Crippen molar-refractivity contribution in [2.24, 2.45) is 0 Å². The number of nitrogens with one attached hydrogen (secondary N) is 1. The minimum atomic E-state index is 0.0556. The number of amides is 1. The van der Waals surface area contributed by atoms with Gasteiger partial charge in [0.25, 0.3) is 0 Å². The minimum absolute atomic E-state index is 0.0556. The maximum atomic E-state index is 12.7. The predicted octanol–water partition coefficient (Wildman–Crippen LogP) is 5.02. The molecule has 1 saturated heterocycles. The van der Waals surface area contributed by atoms with Crippen LogP contribution in [0.5, 0.6) is 0 Å². The summed E-state index contributed by atoms with van der Waals surface area (Å²) in [5.74, 6) is 0.0556. The standard InChI is InChI=1S/C22H26ClN3OS/c23-18-7-8-19-17(14-18)15-20(21-6-5-13-28-21)26(19)16-22(27)24-9-12-25-10-3-1-2-4-11-25/h5-8,13-15H,1-4,9-12,16H2,(H,24,27). The molecule has 0 atom stereocenters. The van der Waals surface area contributed by atoms with E-state index in [0.717, 1.165) is 41.1 Å². The van der Waals surface area contributed by atoms with Gasteiger partial charge in [-0.05, 0) is 61.6 Å². The largest absolute Gasteiger partial charge is 0.353 e. The van der Waals surface area contributed by atoms with Gasteiger partial charge in [-0.25, -0.2) is 0 Å². The average molecular weight is 416 g/mol. The van der Waals surface area contributed by atoms with Gasteiger partial charge in [-0.3, -0.25) is 4.79 Å². The maximum absolute atomic E-state index is 12.7. The number of rotatable bonds is 6. The third-order valence-corrected chi connectivity index (χ3v) is 6.52. The van der Waals surface area contributed by atoms with Crippen molar-refractivity contribution in [1.82, 2.24) is 14.8 Å². The second-order valence-corrected chi connectivity index (χ2v) is 8.79. The quantitative estimate of drug-likeness (QED) is 0.614. The van der Waals surface area contributed by atoms with Crippen molar-refractivity contribution >= 4 is 39.7 Å². The van der Waals surface area contributed by atoms with Gasteiger partial charge in [0.2, 0.25) is 5.91 Å². The van der Waals surface area contributed by atoms with E-state index in [9.17, 15) is 4.79 Å². The molecule has 1 aliphatic rings. The van der Waals surface area contributed by atoms with Gasteiger partial charge in [0.05, 0.1) is 10.6 Å². The Morgan fingerprint density at radius 3 is 2.68 bits per heavy atom. The smallest absolute Gasteiger partial charge is 0.240 e. The molecule has 1 amide bonds. The molecule has 0 radical (unpaired) electrons. The zero-order chi connectivity index (χ0) is 19.3. The Balaban J connectivity index is 1.46. The molecule has 4 nitrogen and oxygen atoms in total. The lowest BCUT2D eigenvalue weighted by Gasteiger charge is -2.20. The van der Waals surface area contributed by atoms with Crippen LogP contribution < -0.4 is 5.32 Å². The molecule has 1 fully saturated rings. The number of likely N-dealkylation sites (tertiary alicyclic amines) is 1. The van der Waals surface area contributed by atoms with Crippen molar-refractivity contribution in [3.63, 3.8) is 0 Å². The molecule has 148 valence electrons. The Morgan fingerprint density at radius 1 is 1.11 bits per heavy atom. The van der Waals surface area contributed by atoms with Crippen LogP contribution in [0.15, 0.2) is 41.8 Å². The highest BCUT2D eigenvalue weighted by Crippen LogP contribution is 2.32. The van der Waals surface area contributed by atoms with E-state index in [2.05, 4.69) is 32.3 Å². The maximum Gasteiger partial charge on any atom is 0.240 e. The molecule has 3 heterocycles. The number of hydrogen-bond donors (Lipinski definition) is 1. The molecule has 0 spiro atoms. The van der Waals surface area contributed by atoms with Crippen molar-refractivity contribution in [2.45, 2.75) is 32.2 Å². The Kier molecular flexibility index (Phi) is 6.35. The van der Waals surface area contributed by atoms with Gasteiger partial charge in [-0.1, -0.05) is 30.5 Å². The van der Waals surface area contributed by atoms with Gasteiger partial charge in [-0.2, -0.15) is 0 Å². The molecular weight excluding hydrogens is 390 g/mol. The van der Waals surface area contributed by atoms with Gasteiger partial charge in [0.1, 0.15) is 6.54 Å². The zero-order valence-electron chi connectivity index (χ0n) is 16.0. The number of carbonyl (C=O) groups excluding carboxylic acids is 1. The third-order valence-electron chi connectivity index (χ3n) is 5.39. The first kappa shape index (κ1) is 19.5. The van der Waals surface area contributed by atoms with E-state index < -0.39 is 0 Å². The van der Waals surface area contributed by atoms with E-state index in [1.165, 1.54) is 25.7 Å². The first-order chi connectivity index (χ1) is 13.7. The average Bonchev–Trinajstić information content (AvgIpc) is 3.24. The summed E-state index contributed by atoms with van der Waals surface area (Å²) in [5, 5.41) is 6.95. The van der Waals surface area contributed by atoms with Crippen LogP contribution >= 0.6 is 22.9 Å². The van der Waals surface area contributed by atoms with Crippen molar-refractivity contribution in [2.75, 3.05) is 26.2 Å². The first-order valence-corrected chi connectivity index (χ1v) is 11.3. The molecule has 3 aromatic rings. The fourth-order valence-corrected chi connectivity index (χ4v) is 4.88. The molecule has 1 aromatic carbocycles. The van der Waals surface area contributed by atoms with Crippen molar-refractivity contribution < 1.29 is 4.79 Å². The SMILES string of the molecule is O=C(Cn1c(-c2cccs2)cc2cc(Cl)ccc21)NCCN1CCCCCC1. The Labute approximate surface area is 175 Å². The number of halogens is 1. The highest BCUT2D eigenvalue weighted by atomic mass is 35.5. The minimum Gasteiger partial charge on any atom is -0.353 e. The van der Waals surface area contributed by atoms with E-state index in [1.807, 2.05) is 24.3 Å². The highest BCUT2D eigenvalue weighted by molar-refractivity contribution is 7.13. The van der Waals surface area contributed by atoms with E-state index in [0.29, 0.717) is 18.1 Å². The summed E-state index contributed by atoms with van der Waals surface area (Å²) in [4.78, 5) is 16.3. The Hall–Kier alpha value is -1.82. The van der Waals surface area contributed by atoms with E-state index in [1.54, 1.807) is 11.3 Å². The first-order valence-electron chi connectivity index (χ1n) is 10.0. The molecule has 28 heavy (non-hydrogen) atoms. The number of carbonyl (C=O) groups is 1. The Morgan fingerprint density at radius 2 is 1.93 bits per heavy atom. The van der Waals surface area contributed by atoms with Crippen LogP contribution in [0, 0.1) is 0 Å². The van der Waals surface area contributed by atoms with Gasteiger partial charge in [0.15, 0.2) is 0 Å². The fourth-order valence-electron chi connectivity index (χ4n) is 3.95. The van der Waals surface area contributed by atoms with E-state index >= 15 is 0 Å². The molecular formula is C22H26ClN3OS. The lowest BCUT2D eigenvalue weighted by atomic mass is 10.2. The fraction of sp³-hybridized carbons (Fsp3) is 0.409. The van der Waals surface area contributed by atoms with Crippen molar-refractivity contribution in [1.29, 1.82) is 0 Å². The van der Waals surface area contributed by atoms with Crippen LogP contribution in [0.4, 0.5) is 0 Å². The van der Waals surface area contributed by atoms with Crippen LogP contribution in [-0.2, 0) is 11.3 Å². The summed E-state index contributed by atoms with van der Waals surface area (Å²) in [6.07, 6.45) is 5.21. The molecule has 0 unspecified atom stereocenters. The van der Waals surface area contributed by atoms with E-state index in [-0.39, 0.29) is 5.91 Å². The summed E-state index contributed by atoms with van der Waals surface area (Å²) < 4.78 is 2.10. The van der Waals surface area contributed by atoms with Gasteiger partial charge < -0.3 is 14.8 Å². The molecule has 4 rings (SSSR count). The number of aromatic nitrogens is 1. The van der Waals surface area contributed by atoms with Crippen molar-refractivity contribution in [3.05, 3.63) is 46.8 Å². The summed E-state index contributed by atoms with van der Waals surface area (Å²) in [5.41, 5.74) is 2.10. The van der Waals surface area contributed by atoms with Crippen LogP contribution in [0.3, 0.4) is 0 Å². The van der Waals surface area contributed by atoms with Crippen LogP contribution in [0.1, 0.15) is 25.7 Å². The number of thiophene rings is 1. The lowest BCUT2D eigenvalue weighted by Crippen LogP contribution is -2.36. The molecule has 6 heteroatoms.